The van der Waals surface area contributed by atoms with E-state index < -0.39 is 5.97 Å². The quantitative estimate of drug-likeness (QED) is 0.763. The van der Waals surface area contributed by atoms with Crippen LogP contribution in [0.5, 0.6) is 0 Å². The first-order valence-corrected chi connectivity index (χ1v) is 6.97. The van der Waals surface area contributed by atoms with Crippen LogP contribution in [-0.2, 0) is 14.3 Å². The summed E-state index contributed by atoms with van der Waals surface area (Å²) < 4.78 is 5.28. The Kier molecular flexibility index (Phi) is 5.15. The Hall–Kier alpha value is -1.14. The van der Waals surface area contributed by atoms with Gasteiger partial charge in [0, 0.05) is 39.1 Å². The molecule has 0 unspecified atom stereocenters. The summed E-state index contributed by atoms with van der Waals surface area (Å²) in [5.41, 5.74) is 0. The second-order valence-electron chi connectivity index (χ2n) is 5.22. The van der Waals surface area contributed by atoms with Crippen LogP contribution in [0.2, 0.25) is 0 Å². The molecule has 1 N–H and O–H groups in total. The molecule has 0 aromatic carbocycles. The molecule has 6 heteroatoms. The molecule has 19 heavy (non-hydrogen) atoms. The highest BCUT2D eigenvalue weighted by atomic mass is 16.5. The van der Waals surface area contributed by atoms with Crippen molar-refractivity contribution >= 4 is 11.9 Å². The number of rotatable bonds is 5. The summed E-state index contributed by atoms with van der Waals surface area (Å²) in [6, 6.07) is 0. The van der Waals surface area contributed by atoms with E-state index in [1.807, 2.05) is 0 Å². The van der Waals surface area contributed by atoms with E-state index in [4.69, 9.17) is 9.84 Å². The highest BCUT2D eigenvalue weighted by Gasteiger charge is 2.29. The average Bonchev–Trinajstić information content (AvgIpc) is 2.42. The Bertz CT molecular complexity index is 329. The van der Waals surface area contributed by atoms with E-state index >= 15 is 0 Å². The van der Waals surface area contributed by atoms with Crippen molar-refractivity contribution in [2.24, 2.45) is 5.92 Å². The van der Waals surface area contributed by atoms with Crippen molar-refractivity contribution in [3.05, 3.63) is 0 Å². The number of hydrogen-bond acceptors (Lipinski definition) is 4. The first-order chi connectivity index (χ1) is 9.16. The molecule has 108 valence electrons. The van der Waals surface area contributed by atoms with Gasteiger partial charge in [0.25, 0.3) is 0 Å². The minimum absolute atomic E-state index is 0.0967. The van der Waals surface area contributed by atoms with Crippen molar-refractivity contribution in [1.82, 2.24) is 9.80 Å². The van der Waals surface area contributed by atoms with Gasteiger partial charge in [-0.3, -0.25) is 14.5 Å². The number of likely N-dealkylation sites (tertiary alicyclic amines) is 1. The number of piperidine rings is 1. The number of carbonyl (C=O) groups is 2. The van der Waals surface area contributed by atoms with E-state index in [9.17, 15) is 9.59 Å². The van der Waals surface area contributed by atoms with E-state index in [0.29, 0.717) is 25.9 Å². The zero-order chi connectivity index (χ0) is 13.7. The lowest BCUT2D eigenvalue weighted by Crippen LogP contribution is -2.44. The van der Waals surface area contributed by atoms with E-state index in [2.05, 4.69) is 4.90 Å². The molecule has 2 aliphatic rings. The minimum atomic E-state index is -0.786. The molecule has 2 saturated heterocycles. The minimum Gasteiger partial charge on any atom is -0.481 e. The summed E-state index contributed by atoms with van der Waals surface area (Å²) in [5.74, 6) is -1.08. The van der Waals surface area contributed by atoms with Crippen molar-refractivity contribution in [1.29, 1.82) is 0 Å². The third-order valence-electron chi connectivity index (χ3n) is 3.86. The number of nitrogens with zero attached hydrogens (tertiary/aromatic N) is 2. The fourth-order valence-corrected chi connectivity index (χ4v) is 2.64. The molecule has 0 bridgehead atoms. The van der Waals surface area contributed by atoms with Gasteiger partial charge < -0.3 is 14.7 Å². The van der Waals surface area contributed by atoms with Gasteiger partial charge in [0.15, 0.2) is 0 Å². The predicted octanol–water partition coefficient (Wildman–Crippen LogP) is 0.0319. The van der Waals surface area contributed by atoms with Crippen molar-refractivity contribution in [3.8, 4) is 0 Å². The molecule has 0 aromatic heterocycles. The van der Waals surface area contributed by atoms with Crippen LogP contribution in [0, 0.1) is 5.92 Å². The Morgan fingerprint density at radius 1 is 1.32 bits per heavy atom. The fourth-order valence-electron chi connectivity index (χ4n) is 2.64. The van der Waals surface area contributed by atoms with Crippen molar-refractivity contribution in [3.63, 3.8) is 0 Å². The van der Waals surface area contributed by atoms with Crippen LogP contribution in [0.3, 0.4) is 0 Å². The molecule has 0 spiro atoms. The lowest BCUT2D eigenvalue weighted by Gasteiger charge is -2.32. The monoisotopic (exact) mass is 270 g/mol. The molecule has 0 aliphatic carbocycles. The van der Waals surface area contributed by atoms with Crippen LogP contribution in [0.15, 0.2) is 0 Å². The Balaban J connectivity index is 1.71. The van der Waals surface area contributed by atoms with Crippen LogP contribution in [0.1, 0.15) is 19.3 Å². The second-order valence-corrected chi connectivity index (χ2v) is 5.22. The van der Waals surface area contributed by atoms with Gasteiger partial charge in [-0.25, -0.2) is 0 Å². The summed E-state index contributed by atoms with van der Waals surface area (Å²) in [5, 5.41) is 9.01. The molecule has 2 heterocycles. The van der Waals surface area contributed by atoms with Gasteiger partial charge in [-0.05, 0) is 12.8 Å². The predicted molar refractivity (Wildman–Crippen MR) is 68.8 cm³/mol. The summed E-state index contributed by atoms with van der Waals surface area (Å²) in [6.45, 7) is 5.45. The lowest BCUT2D eigenvalue weighted by molar-refractivity contribution is -0.147. The number of carboxylic acid groups (broad SMARTS) is 1. The average molecular weight is 270 g/mol. The summed E-state index contributed by atoms with van der Waals surface area (Å²) in [6.07, 6.45) is 1.75. The largest absolute Gasteiger partial charge is 0.481 e. The summed E-state index contributed by atoms with van der Waals surface area (Å²) >= 11 is 0. The first-order valence-electron chi connectivity index (χ1n) is 6.97. The van der Waals surface area contributed by atoms with E-state index in [0.717, 1.165) is 39.3 Å². The number of ether oxygens (including phenoxy) is 1. The molecule has 1 amide bonds. The number of carbonyl (C=O) groups excluding carboxylic acids is 1. The van der Waals surface area contributed by atoms with Crippen molar-refractivity contribution in [2.75, 3.05) is 45.9 Å². The van der Waals surface area contributed by atoms with Gasteiger partial charge in [-0.2, -0.15) is 0 Å². The Morgan fingerprint density at radius 2 is 2.05 bits per heavy atom. The van der Waals surface area contributed by atoms with Crippen molar-refractivity contribution in [2.45, 2.75) is 19.3 Å². The zero-order valence-electron chi connectivity index (χ0n) is 11.2. The van der Waals surface area contributed by atoms with E-state index in [1.54, 1.807) is 4.90 Å². The fraction of sp³-hybridized carbons (Fsp3) is 0.846. The molecule has 0 saturated carbocycles. The molecule has 2 rings (SSSR count). The molecular formula is C13H22N2O4. The number of hydrogen-bond donors (Lipinski definition) is 1. The van der Waals surface area contributed by atoms with Crippen molar-refractivity contribution < 1.29 is 19.4 Å². The van der Waals surface area contributed by atoms with Gasteiger partial charge in [-0.1, -0.05) is 0 Å². The third kappa shape index (κ3) is 4.18. The molecule has 6 nitrogen and oxygen atoms in total. The number of carboxylic acids is 1. The molecule has 2 fully saturated rings. The van der Waals surface area contributed by atoms with Crippen LogP contribution in [-0.4, -0.2) is 72.7 Å². The first kappa shape index (κ1) is 14.3. The standard InChI is InChI=1S/C13H22N2O4/c16-12-3-2-11(13(17)18)10-15(12)5-1-4-14-6-8-19-9-7-14/h11H,1-10H2,(H,17,18)/t11-/m1/s1. The Morgan fingerprint density at radius 3 is 2.74 bits per heavy atom. The molecule has 1 atom stereocenters. The zero-order valence-corrected chi connectivity index (χ0v) is 11.2. The SMILES string of the molecule is O=C(O)[C@@H]1CCC(=O)N(CCCN2CCOCC2)C1. The Labute approximate surface area is 113 Å². The molecule has 0 radical (unpaired) electrons. The number of amides is 1. The van der Waals surface area contributed by atoms with Crippen LogP contribution in [0.25, 0.3) is 0 Å². The summed E-state index contributed by atoms with van der Waals surface area (Å²) in [7, 11) is 0. The highest BCUT2D eigenvalue weighted by molar-refractivity contribution is 5.80. The third-order valence-corrected chi connectivity index (χ3v) is 3.86. The molecule has 2 aliphatic heterocycles. The van der Waals surface area contributed by atoms with Crippen LogP contribution < -0.4 is 0 Å². The summed E-state index contributed by atoms with van der Waals surface area (Å²) in [4.78, 5) is 26.7. The van der Waals surface area contributed by atoms with Gasteiger partial charge >= 0.3 is 5.97 Å². The maximum Gasteiger partial charge on any atom is 0.308 e. The topological polar surface area (TPSA) is 70.1 Å². The van der Waals surface area contributed by atoms with E-state index in [1.165, 1.54) is 0 Å². The maximum absolute atomic E-state index is 11.7. The van der Waals surface area contributed by atoms with Crippen LogP contribution in [0.4, 0.5) is 0 Å². The van der Waals surface area contributed by atoms with E-state index in [-0.39, 0.29) is 11.8 Å². The van der Waals surface area contributed by atoms with Gasteiger partial charge in [0.1, 0.15) is 0 Å². The second kappa shape index (κ2) is 6.86. The van der Waals surface area contributed by atoms with Gasteiger partial charge in [0.05, 0.1) is 19.1 Å². The van der Waals surface area contributed by atoms with Gasteiger partial charge in [0.2, 0.25) is 5.91 Å². The van der Waals surface area contributed by atoms with Gasteiger partial charge in [-0.15, -0.1) is 0 Å². The maximum atomic E-state index is 11.7. The smallest absolute Gasteiger partial charge is 0.308 e. The highest BCUT2D eigenvalue weighted by Crippen LogP contribution is 2.18. The number of morpholine rings is 1. The number of aliphatic carboxylic acids is 1. The van der Waals surface area contributed by atoms with Crippen LogP contribution >= 0.6 is 0 Å². The normalized spacial score (nSPS) is 25.6. The molecule has 0 aromatic rings. The lowest BCUT2D eigenvalue weighted by atomic mass is 9.97. The molecular weight excluding hydrogens is 248 g/mol.